The summed E-state index contributed by atoms with van der Waals surface area (Å²) in [5.74, 6) is 0.434. The number of rotatable bonds is 3. The van der Waals surface area contributed by atoms with Gasteiger partial charge in [0.2, 0.25) is 0 Å². The van der Waals surface area contributed by atoms with Gasteiger partial charge >= 0.3 is 6.09 Å². The molecule has 24 heavy (non-hydrogen) atoms. The van der Waals surface area contributed by atoms with Gasteiger partial charge in [0.15, 0.2) is 0 Å². The lowest BCUT2D eigenvalue weighted by Gasteiger charge is -2.21. The number of nitrogens with one attached hydrogen (secondary N) is 2. The second-order valence-corrected chi connectivity index (χ2v) is 7.78. The second kappa shape index (κ2) is 7.86. The summed E-state index contributed by atoms with van der Waals surface area (Å²) in [5, 5.41) is 5.96. The molecule has 2 atom stereocenters. The van der Waals surface area contributed by atoms with Crippen LogP contribution in [-0.4, -0.2) is 17.7 Å². The van der Waals surface area contributed by atoms with Gasteiger partial charge in [0.05, 0.1) is 5.69 Å². The van der Waals surface area contributed by atoms with Gasteiger partial charge in [0, 0.05) is 11.7 Å². The Morgan fingerprint density at radius 2 is 1.96 bits per heavy atom. The molecule has 0 saturated heterocycles. The highest BCUT2D eigenvalue weighted by atomic mass is 19.1. The summed E-state index contributed by atoms with van der Waals surface area (Å²) >= 11 is 0. The summed E-state index contributed by atoms with van der Waals surface area (Å²) in [4.78, 5) is 11.8. The van der Waals surface area contributed by atoms with Gasteiger partial charge in [-0.25, -0.2) is 9.18 Å². The summed E-state index contributed by atoms with van der Waals surface area (Å²) < 4.78 is 19.3. The number of carbonyl (C=O) groups is 1. The molecule has 1 aliphatic rings. The Bertz CT molecular complexity index is 569. The van der Waals surface area contributed by atoms with Gasteiger partial charge in [-0.3, -0.25) is 5.32 Å². The van der Waals surface area contributed by atoms with Crippen LogP contribution in [0.5, 0.6) is 0 Å². The smallest absolute Gasteiger partial charge is 0.412 e. The van der Waals surface area contributed by atoms with Crippen LogP contribution in [0.4, 0.5) is 20.6 Å². The minimum atomic E-state index is -0.567. The number of benzene rings is 1. The maximum absolute atomic E-state index is 14.1. The van der Waals surface area contributed by atoms with Crippen molar-refractivity contribution in [2.45, 2.75) is 71.4 Å². The van der Waals surface area contributed by atoms with Crippen LogP contribution in [0, 0.1) is 11.7 Å². The van der Waals surface area contributed by atoms with E-state index in [0.717, 1.165) is 31.6 Å². The SMILES string of the molecule is CC1CCCC(Nc2cc(NC(=O)OC(C)(C)C)ccc2F)CC1. The number of carbonyl (C=O) groups excluding carboxylic acids is 1. The monoisotopic (exact) mass is 336 g/mol. The fraction of sp³-hybridized carbons (Fsp3) is 0.632. The molecule has 0 spiro atoms. The van der Waals surface area contributed by atoms with Crippen LogP contribution in [0.2, 0.25) is 0 Å². The Morgan fingerprint density at radius 1 is 1.21 bits per heavy atom. The van der Waals surface area contributed by atoms with Gasteiger partial charge in [-0.2, -0.15) is 0 Å². The van der Waals surface area contributed by atoms with E-state index in [1.165, 1.54) is 12.5 Å². The van der Waals surface area contributed by atoms with E-state index in [9.17, 15) is 9.18 Å². The lowest BCUT2D eigenvalue weighted by Crippen LogP contribution is -2.27. The molecule has 1 saturated carbocycles. The third kappa shape index (κ3) is 6.02. The number of anilines is 2. The molecule has 2 N–H and O–H groups in total. The Labute approximate surface area is 144 Å². The lowest BCUT2D eigenvalue weighted by atomic mass is 10.0. The molecule has 4 nitrogen and oxygen atoms in total. The Morgan fingerprint density at radius 3 is 2.67 bits per heavy atom. The second-order valence-electron chi connectivity index (χ2n) is 7.78. The van der Waals surface area contributed by atoms with Crippen LogP contribution < -0.4 is 10.6 Å². The van der Waals surface area contributed by atoms with Crippen molar-refractivity contribution in [2.75, 3.05) is 10.6 Å². The van der Waals surface area contributed by atoms with Crippen LogP contribution >= 0.6 is 0 Å². The number of ether oxygens (including phenoxy) is 1. The predicted octanol–water partition coefficient (Wildman–Crippen LogP) is 5.55. The van der Waals surface area contributed by atoms with Crippen molar-refractivity contribution in [1.82, 2.24) is 0 Å². The van der Waals surface area contributed by atoms with Crippen LogP contribution in [-0.2, 0) is 4.74 Å². The van der Waals surface area contributed by atoms with E-state index in [1.807, 2.05) is 0 Å². The largest absolute Gasteiger partial charge is 0.444 e. The van der Waals surface area contributed by atoms with E-state index in [2.05, 4.69) is 17.6 Å². The van der Waals surface area contributed by atoms with Crippen LogP contribution in [0.15, 0.2) is 18.2 Å². The molecular weight excluding hydrogens is 307 g/mol. The predicted molar refractivity (Wildman–Crippen MR) is 95.9 cm³/mol. The normalized spacial score (nSPS) is 21.7. The van der Waals surface area contributed by atoms with Gasteiger partial charge in [0.1, 0.15) is 11.4 Å². The van der Waals surface area contributed by atoms with Crippen molar-refractivity contribution in [3.63, 3.8) is 0 Å². The first kappa shape index (κ1) is 18.6. The highest BCUT2D eigenvalue weighted by molar-refractivity contribution is 5.85. The van der Waals surface area contributed by atoms with Gasteiger partial charge in [-0.1, -0.05) is 19.8 Å². The first-order valence-electron chi connectivity index (χ1n) is 8.79. The summed E-state index contributed by atoms with van der Waals surface area (Å²) in [6.45, 7) is 7.68. The van der Waals surface area contributed by atoms with Crippen LogP contribution in [0.3, 0.4) is 0 Å². The molecular formula is C19H29FN2O2. The van der Waals surface area contributed by atoms with Gasteiger partial charge < -0.3 is 10.1 Å². The highest BCUT2D eigenvalue weighted by Crippen LogP contribution is 2.27. The zero-order chi connectivity index (χ0) is 17.7. The standard InChI is InChI=1S/C19H29FN2O2/c1-13-6-5-7-14(9-8-13)21-17-12-15(10-11-16(17)20)22-18(23)24-19(2,3)4/h10-14,21H,5-9H2,1-4H3,(H,22,23). The van der Waals surface area contributed by atoms with E-state index in [-0.39, 0.29) is 11.9 Å². The quantitative estimate of drug-likeness (QED) is 0.711. The minimum absolute atomic E-state index is 0.279. The van der Waals surface area contributed by atoms with Gasteiger partial charge in [0.25, 0.3) is 0 Å². The van der Waals surface area contributed by atoms with Crippen molar-refractivity contribution in [2.24, 2.45) is 5.92 Å². The Kier molecular flexibility index (Phi) is 6.08. The molecule has 0 radical (unpaired) electrons. The molecule has 0 aromatic heterocycles. The zero-order valence-corrected chi connectivity index (χ0v) is 15.1. The molecule has 2 unspecified atom stereocenters. The molecule has 1 aromatic carbocycles. The Hall–Kier alpha value is -1.78. The number of hydrogen-bond acceptors (Lipinski definition) is 3. The average molecular weight is 336 g/mol. The van der Waals surface area contributed by atoms with Crippen LogP contribution in [0.1, 0.15) is 59.8 Å². The summed E-state index contributed by atoms with van der Waals surface area (Å²) in [5.41, 5.74) is 0.389. The molecule has 0 heterocycles. The summed E-state index contributed by atoms with van der Waals surface area (Å²) in [6, 6.07) is 4.82. The molecule has 5 heteroatoms. The van der Waals surface area contributed by atoms with Crippen LogP contribution in [0.25, 0.3) is 0 Å². The molecule has 1 aliphatic carbocycles. The molecule has 0 aliphatic heterocycles. The highest BCUT2D eigenvalue weighted by Gasteiger charge is 2.19. The van der Waals surface area contributed by atoms with Gasteiger partial charge in [-0.05, 0) is 64.2 Å². The molecule has 0 bridgehead atoms. The third-order valence-corrected chi connectivity index (χ3v) is 4.23. The average Bonchev–Trinajstić information content (AvgIpc) is 2.65. The molecule has 2 rings (SSSR count). The van der Waals surface area contributed by atoms with E-state index in [4.69, 9.17) is 4.74 Å². The van der Waals surface area contributed by atoms with E-state index >= 15 is 0 Å². The molecule has 1 aromatic rings. The zero-order valence-electron chi connectivity index (χ0n) is 15.1. The first-order valence-corrected chi connectivity index (χ1v) is 8.79. The van der Waals surface area contributed by atoms with Crippen molar-refractivity contribution < 1.29 is 13.9 Å². The van der Waals surface area contributed by atoms with E-state index < -0.39 is 11.7 Å². The maximum atomic E-state index is 14.1. The first-order chi connectivity index (χ1) is 11.2. The maximum Gasteiger partial charge on any atom is 0.412 e. The number of amides is 1. The summed E-state index contributed by atoms with van der Waals surface area (Å²) in [6.07, 6.45) is 5.12. The van der Waals surface area contributed by atoms with Crippen molar-refractivity contribution in [3.8, 4) is 0 Å². The van der Waals surface area contributed by atoms with Crippen molar-refractivity contribution in [3.05, 3.63) is 24.0 Å². The van der Waals surface area contributed by atoms with E-state index in [0.29, 0.717) is 11.4 Å². The lowest BCUT2D eigenvalue weighted by molar-refractivity contribution is 0.0636. The topological polar surface area (TPSA) is 50.4 Å². The fourth-order valence-corrected chi connectivity index (χ4v) is 2.99. The molecule has 1 fully saturated rings. The number of halogens is 1. The van der Waals surface area contributed by atoms with Gasteiger partial charge in [-0.15, -0.1) is 0 Å². The minimum Gasteiger partial charge on any atom is -0.444 e. The third-order valence-electron chi connectivity index (χ3n) is 4.23. The molecule has 134 valence electrons. The van der Waals surface area contributed by atoms with Crippen molar-refractivity contribution in [1.29, 1.82) is 0 Å². The number of hydrogen-bond donors (Lipinski definition) is 2. The van der Waals surface area contributed by atoms with E-state index in [1.54, 1.807) is 32.9 Å². The summed E-state index contributed by atoms with van der Waals surface area (Å²) in [7, 11) is 0. The Balaban J connectivity index is 2.01. The van der Waals surface area contributed by atoms with Crippen molar-refractivity contribution >= 4 is 17.5 Å². The fourth-order valence-electron chi connectivity index (χ4n) is 2.99. The molecule has 1 amide bonds.